The van der Waals surface area contributed by atoms with E-state index in [1.807, 2.05) is 6.08 Å². The van der Waals surface area contributed by atoms with Crippen molar-refractivity contribution in [2.75, 3.05) is 20.1 Å². The molecular weight excluding hydrogens is 232 g/mol. The Labute approximate surface area is 120 Å². The van der Waals surface area contributed by atoms with E-state index in [0.29, 0.717) is 6.04 Å². The maximum absolute atomic E-state index is 3.79. The zero-order chi connectivity index (χ0) is 14.1. The summed E-state index contributed by atoms with van der Waals surface area (Å²) >= 11 is 0. The van der Waals surface area contributed by atoms with Crippen LogP contribution in [0.2, 0.25) is 0 Å². The molecular formula is C17H34N2. The van der Waals surface area contributed by atoms with Crippen LogP contribution in [0, 0.1) is 0 Å². The Morgan fingerprint density at radius 3 is 2.42 bits per heavy atom. The smallest absolute Gasteiger partial charge is 0.0306 e. The fourth-order valence-corrected chi connectivity index (χ4v) is 3.36. The lowest BCUT2D eigenvalue weighted by Crippen LogP contribution is -2.58. The average molecular weight is 266 g/mol. The first-order chi connectivity index (χ1) is 9.12. The van der Waals surface area contributed by atoms with Gasteiger partial charge < -0.3 is 5.32 Å². The van der Waals surface area contributed by atoms with Crippen molar-refractivity contribution in [3.8, 4) is 0 Å². The molecule has 0 amide bonds. The van der Waals surface area contributed by atoms with Crippen molar-refractivity contribution in [1.82, 2.24) is 10.2 Å². The summed E-state index contributed by atoms with van der Waals surface area (Å²) in [6.07, 6.45) is 12.6. The standard InChI is InChI=1S/C17H34N2/c1-5-6-7-8-10-13-16(18-4)17(2,3)19-14-11-9-12-15-19/h5,16,18H,1,6-15H2,2-4H3. The SMILES string of the molecule is C=CCCCCCC(NC)C(C)(C)N1CCCCC1. The van der Waals surface area contributed by atoms with Gasteiger partial charge in [0.05, 0.1) is 0 Å². The second-order valence-corrected chi connectivity index (χ2v) is 6.47. The molecule has 0 aliphatic carbocycles. The number of likely N-dealkylation sites (tertiary alicyclic amines) is 1. The van der Waals surface area contributed by atoms with Gasteiger partial charge in [0.15, 0.2) is 0 Å². The summed E-state index contributed by atoms with van der Waals surface area (Å²) < 4.78 is 0. The quantitative estimate of drug-likeness (QED) is 0.502. The van der Waals surface area contributed by atoms with Crippen LogP contribution in [0.25, 0.3) is 0 Å². The van der Waals surface area contributed by atoms with Crippen LogP contribution < -0.4 is 5.32 Å². The first-order valence-corrected chi connectivity index (χ1v) is 8.16. The van der Waals surface area contributed by atoms with Gasteiger partial charge in [0.2, 0.25) is 0 Å². The maximum Gasteiger partial charge on any atom is 0.0306 e. The van der Waals surface area contributed by atoms with Crippen LogP contribution in [-0.2, 0) is 0 Å². The van der Waals surface area contributed by atoms with Crippen LogP contribution in [0.3, 0.4) is 0 Å². The fraction of sp³-hybridized carbons (Fsp3) is 0.882. The van der Waals surface area contributed by atoms with Crippen molar-refractivity contribution >= 4 is 0 Å². The highest BCUT2D eigenvalue weighted by atomic mass is 15.2. The van der Waals surface area contributed by atoms with E-state index in [9.17, 15) is 0 Å². The number of rotatable bonds is 9. The van der Waals surface area contributed by atoms with E-state index >= 15 is 0 Å². The summed E-state index contributed by atoms with van der Waals surface area (Å²) in [7, 11) is 2.13. The van der Waals surface area contributed by atoms with Crippen molar-refractivity contribution in [3.05, 3.63) is 12.7 Å². The molecule has 0 saturated carbocycles. The summed E-state index contributed by atoms with van der Waals surface area (Å²) in [6.45, 7) is 11.2. The zero-order valence-corrected chi connectivity index (χ0v) is 13.4. The monoisotopic (exact) mass is 266 g/mol. The Kier molecular flexibility index (Phi) is 7.70. The summed E-state index contributed by atoms with van der Waals surface area (Å²) in [5, 5.41) is 3.57. The summed E-state index contributed by atoms with van der Waals surface area (Å²) in [5.74, 6) is 0. The fourth-order valence-electron chi connectivity index (χ4n) is 3.36. The minimum absolute atomic E-state index is 0.285. The van der Waals surface area contributed by atoms with Gasteiger partial charge in [-0.25, -0.2) is 0 Å². The Hall–Kier alpha value is -0.340. The van der Waals surface area contributed by atoms with E-state index < -0.39 is 0 Å². The minimum atomic E-state index is 0.285. The molecule has 1 saturated heterocycles. The van der Waals surface area contributed by atoms with Gasteiger partial charge in [0, 0.05) is 11.6 Å². The Morgan fingerprint density at radius 1 is 1.16 bits per heavy atom. The summed E-state index contributed by atoms with van der Waals surface area (Å²) in [5.41, 5.74) is 0.285. The predicted octanol–water partition coefficient (Wildman–Crippen LogP) is 3.98. The zero-order valence-electron chi connectivity index (χ0n) is 13.4. The third-order valence-corrected chi connectivity index (χ3v) is 4.77. The number of hydrogen-bond donors (Lipinski definition) is 1. The predicted molar refractivity (Wildman–Crippen MR) is 85.6 cm³/mol. The van der Waals surface area contributed by atoms with Gasteiger partial charge in [0.1, 0.15) is 0 Å². The van der Waals surface area contributed by atoms with Gasteiger partial charge in [-0.05, 0) is 66.1 Å². The number of nitrogens with zero attached hydrogens (tertiary/aromatic N) is 1. The van der Waals surface area contributed by atoms with E-state index in [1.165, 1.54) is 64.5 Å². The van der Waals surface area contributed by atoms with Crippen LogP contribution in [0.5, 0.6) is 0 Å². The third-order valence-electron chi connectivity index (χ3n) is 4.77. The van der Waals surface area contributed by atoms with Crippen LogP contribution in [0.1, 0.15) is 65.2 Å². The Morgan fingerprint density at radius 2 is 1.84 bits per heavy atom. The van der Waals surface area contributed by atoms with E-state index in [2.05, 4.69) is 37.7 Å². The Balaban J connectivity index is 2.39. The first kappa shape index (κ1) is 16.7. The number of nitrogens with one attached hydrogen (secondary N) is 1. The molecule has 0 aromatic heterocycles. The molecule has 1 aliphatic rings. The number of piperidine rings is 1. The van der Waals surface area contributed by atoms with Crippen LogP contribution in [0.15, 0.2) is 12.7 Å². The lowest BCUT2D eigenvalue weighted by Gasteiger charge is -2.46. The molecule has 112 valence electrons. The molecule has 1 unspecified atom stereocenters. The molecule has 0 radical (unpaired) electrons. The normalized spacial score (nSPS) is 19.3. The highest BCUT2D eigenvalue weighted by Crippen LogP contribution is 2.26. The van der Waals surface area contributed by atoms with Crippen LogP contribution in [-0.4, -0.2) is 36.6 Å². The molecule has 19 heavy (non-hydrogen) atoms. The topological polar surface area (TPSA) is 15.3 Å². The second-order valence-electron chi connectivity index (χ2n) is 6.47. The van der Waals surface area contributed by atoms with E-state index in [-0.39, 0.29) is 5.54 Å². The lowest BCUT2D eigenvalue weighted by atomic mass is 9.86. The average Bonchev–Trinajstić information content (AvgIpc) is 2.43. The second kappa shape index (κ2) is 8.76. The van der Waals surface area contributed by atoms with Crippen molar-refractivity contribution in [2.45, 2.75) is 76.8 Å². The highest BCUT2D eigenvalue weighted by Gasteiger charge is 2.34. The lowest BCUT2D eigenvalue weighted by molar-refractivity contribution is 0.0599. The van der Waals surface area contributed by atoms with Crippen LogP contribution >= 0.6 is 0 Å². The molecule has 0 aromatic carbocycles. The van der Waals surface area contributed by atoms with E-state index in [1.54, 1.807) is 0 Å². The van der Waals surface area contributed by atoms with Gasteiger partial charge in [-0.15, -0.1) is 6.58 Å². The first-order valence-electron chi connectivity index (χ1n) is 8.16. The van der Waals surface area contributed by atoms with Gasteiger partial charge >= 0.3 is 0 Å². The molecule has 0 aromatic rings. The number of hydrogen-bond acceptors (Lipinski definition) is 2. The molecule has 1 fully saturated rings. The number of allylic oxidation sites excluding steroid dienone is 1. The molecule has 0 bridgehead atoms. The Bertz CT molecular complexity index is 242. The van der Waals surface area contributed by atoms with Gasteiger partial charge in [-0.1, -0.05) is 25.3 Å². The van der Waals surface area contributed by atoms with E-state index in [0.717, 1.165) is 0 Å². The number of unbranched alkanes of at least 4 members (excludes halogenated alkanes) is 3. The van der Waals surface area contributed by atoms with Gasteiger partial charge in [-0.3, -0.25) is 4.90 Å². The molecule has 1 atom stereocenters. The van der Waals surface area contributed by atoms with Gasteiger partial charge in [0.25, 0.3) is 0 Å². The van der Waals surface area contributed by atoms with Crippen LogP contribution in [0.4, 0.5) is 0 Å². The highest BCUT2D eigenvalue weighted by molar-refractivity contribution is 4.93. The van der Waals surface area contributed by atoms with Crippen molar-refractivity contribution in [1.29, 1.82) is 0 Å². The largest absolute Gasteiger partial charge is 0.315 e. The number of likely N-dealkylation sites (N-methyl/N-ethyl adjacent to an activating group) is 1. The molecule has 1 aliphatic heterocycles. The maximum atomic E-state index is 3.79. The molecule has 1 heterocycles. The molecule has 2 nitrogen and oxygen atoms in total. The third kappa shape index (κ3) is 5.27. The molecule has 2 heteroatoms. The van der Waals surface area contributed by atoms with Crippen molar-refractivity contribution < 1.29 is 0 Å². The van der Waals surface area contributed by atoms with Crippen molar-refractivity contribution in [2.24, 2.45) is 0 Å². The molecule has 1 N–H and O–H groups in total. The molecule has 0 spiro atoms. The molecule has 1 rings (SSSR count). The van der Waals surface area contributed by atoms with Gasteiger partial charge in [-0.2, -0.15) is 0 Å². The minimum Gasteiger partial charge on any atom is -0.315 e. The van der Waals surface area contributed by atoms with E-state index in [4.69, 9.17) is 0 Å². The summed E-state index contributed by atoms with van der Waals surface area (Å²) in [4.78, 5) is 2.70. The van der Waals surface area contributed by atoms with Crippen molar-refractivity contribution in [3.63, 3.8) is 0 Å². The summed E-state index contributed by atoms with van der Waals surface area (Å²) in [6, 6.07) is 0.606.